The molecule has 0 spiro atoms. The van der Waals surface area contributed by atoms with Crippen molar-refractivity contribution in [1.82, 2.24) is 9.78 Å². The van der Waals surface area contributed by atoms with Crippen molar-refractivity contribution in [3.63, 3.8) is 0 Å². The smallest absolute Gasteiger partial charge is 0.265 e. The fourth-order valence-corrected chi connectivity index (χ4v) is 2.74. The van der Waals surface area contributed by atoms with Gasteiger partial charge in [-0.25, -0.2) is 8.42 Å². The number of nitrogens with two attached hydrogens (primary N) is 1. The lowest BCUT2D eigenvalue weighted by Gasteiger charge is -2.05. The molecule has 102 valence electrons. The zero-order chi connectivity index (χ0) is 13.9. The van der Waals surface area contributed by atoms with E-state index in [4.69, 9.17) is 5.73 Å². The lowest BCUT2D eigenvalue weighted by molar-refractivity contribution is 0.599. The van der Waals surface area contributed by atoms with Gasteiger partial charge in [-0.3, -0.25) is 9.40 Å². The van der Waals surface area contributed by atoms with Crippen molar-refractivity contribution in [2.75, 3.05) is 11.3 Å². The fraction of sp³-hybridized carbons (Fsp3) is 0.182. The van der Waals surface area contributed by atoms with Gasteiger partial charge in [0, 0.05) is 22.9 Å². The molecule has 0 aliphatic rings. The summed E-state index contributed by atoms with van der Waals surface area (Å²) in [5, 5.41) is 3.94. The summed E-state index contributed by atoms with van der Waals surface area (Å²) in [6, 6.07) is 6.86. The van der Waals surface area contributed by atoms with Gasteiger partial charge in [0.15, 0.2) is 0 Å². The second-order valence-corrected chi connectivity index (χ2v) is 6.44. The van der Waals surface area contributed by atoms with E-state index in [9.17, 15) is 8.42 Å². The van der Waals surface area contributed by atoms with Crippen molar-refractivity contribution in [1.29, 1.82) is 0 Å². The summed E-state index contributed by atoms with van der Waals surface area (Å²) < 4.78 is 29.1. The molecular formula is C11H13BrN4O2S. The van der Waals surface area contributed by atoms with Gasteiger partial charge >= 0.3 is 0 Å². The maximum atomic E-state index is 12.1. The monoisotopic (exact) mass is 344 g/mol. The number of halogens is 1. The van der Waals surface area contributed by atoms with E-state index in [1.165, 1.54) is 17.1 Å². The minimum absolute atomic E-state index is 0.115. The lowest BCUT2D eigenvalue weighted by Crippen LogP contribution is -2.13. The van der Waals surface area contributed by atoms with Crippen LogP contribution in [0.25, 0.3) is 0 Å². The van der Waals surface area contributed by atoms with Crippen LogP contribution in [0.3, 0.4) is 0 Å². The van der Waals surface area contributed by atoms with Crippen molar-refractivity contribution in [2.24, 2.45) is 5.73 Å². The van der Waals surface area contributed by atoms with E-state index >= 15 is 0 Å². The van der Waals surface area contributed by atoms with Crippen LogP contribution in [0.2, 0.25) is 0 Å². The molecule has 0 fully saturated rings. The molecule has 2 rings (SSSR count). The SMILES string of the molecule is NCCn1cc(S(=O)(=O)Nc2ccc(Br)cc2)cn1. The maximum Gasteiger partial charge on any atom is 0.265 e. The zero-order valence-corrected chi connectivity index (χ0v) is 12.4. The summed E-state index contributed by atoms with van der Waals surface area (Å²) in [6.45, 7) is 0.884. The Bertz CT molecular complexity index is 652. The average Bonchev–Trinajstić information content (AvgIpc) is 2.82. The largest absolute Gasteiger partial charge is 0.329 e. The van der Waals surface area contributed by atoms with Gasteiger partial charge in [0.2, 0.25) is 0 Å². The van der Waals surface area contributed by atoms with Crippen LogP contribution in [0, 0.1) is 0 Å². The van der Waals surface area contributed by atoms with E-state index in [-0.39, 0.29) is 4.90 Å². The number of benzene rings is 1. The summed E-state index contributed by atoms with van der Waals surface area (Å²) in [7, 11) is -3.61. The fourth-order valence-electron chi connectivity index (χ4n) is 1.47. The average molecular weight is 345 g/mol. The van der Waals surface area contributed by atoms with Crippen LogP contribution < -0.4 is 10.5 Å². The van der Waals surface area contributed by atoms with E-state index in [0.717, 1.165) is 4.47 Å². The van der Waals surface area contributed by atoms with E-state index in [1.807, 2.05) is 0 Å². The molecule has 2 aromatic rings. The molecule has 0 amide bonds. The van der Waals surface area contributed by atoms with Gasteiger partial charge < -0.3 is 5.73 Å². The van der Waals surface area contributed by atoms with Crippen molar-refractivity contribution in [3.05, 3.63) is 41.1 Å². The molecule has 0 bridgehead atoms. The Hall–Kier alpha value is -1.38. The molecule has 0 saturated heterocycles. The van der Waals surface area contributed by atoms with Crippen molar-refractivity contribution in [2.45, 2.75) is 11.4 Å². The number of rotatable bonds is 5. The highest BCUT2D eigenvalue weighted by atomic mass is 79.9. The Balaban J connectivity index is 2.19. The van der Waals surface area contributed by atoms with Crippen LogP contribution in [-0.2, 0) is 16.6 Å². The number of hydrogen-bond acceptors (Lipinski definition) is 4. The molecule has 1 aromatic heterocycles. The Kier molecular flexibility index (Phi) is 4.23. The highest BCUT2D eigenvalue weighted by molar-refractivity contribution is 9.10. The van der Waals surface area contributed by atoms with Crippen LogP contribution in [-0.4, -0.2) is 24.7 Å². The third kappa shape index (κ3) is 3.55. The van der Waals surface area contributed by atoms with Gasteiger partial charge in [0.05, 0.1) is 12.7 Å². The van der Waals surface area contributed by atoms with Gasteiger partial charge in [-0.15, -0.1) is 0 Å². The van der Waals surface area contributed by atoms with Gasteiger partial charge in [0.25, 0.3) is 10.0 Å². The summed E-state index contributed by atoms with van der Waals surface area (Å²) >= 11 is 3.29. The Morgan fingerprint density at radius 2 is 2.00 bits per heavy atom. The molecule has 0 atom stereocenters. The first-order valence-corrected chi connectivity index (χ1v) is 7.80. The van der Waals surface area contributed by atoms with Crippen molar-refractivity contribution >= 4 is 31.6 Å². The summed E-state index contributed by atoms with van der Waals surface area (Å²) in [5.74, 6) is 0. The van der Waals surface area contributed by atoms with Crippen LogP contribution >= 0.6 is 15.9 Å². The Morgan fingerprint density at radius 3 is 2.63 bits per heavy atom. The van der Waals surface area contributed by atoms with Gasteiger partial charge in [0.1, 0.15) is 4.90 Å². The van der Waals surface area contributed by atoms with E-state index in [1.54, 1.807) is 24.3 Å². The van der Waals surface area contributed by atoms with Crippen LogP contribution in [0.4, 0.5) is 5.69 Å². The number of sulfonamides is 1. The predicted molar refractivity (Wildman–Crippen MR) is 76.2 cm³/mol. The molecule has 1 aromatic carbocycles. The summed E-state index contributed by atoms with van der Waals surface area (Å²) in [6.07, 6.45) is 2.75. The molecule has 0 saturated carbocycles. The Labute approximate surface area is 119 Å². The third-order valence-electron chi connectivity index (χ3n) is 2.37. The van der Waals surface area contributed by atoms with Gasteiger partial charge in [-0.1, -0.05) is 15.9 Å². The normalized spacial score (nSPS) is 11.5. The number of hydrogen-bond donors (Lipinski definition) is 2. The van der Waals surface area contributed by atoms with E-state index in [2.05, 4.69) is 25.8 Å². The van der Waals surface area contributed by atoms with Crippen molar-refractivity contribution in [3.8, 4) is 0 Å². The molecular weight excluding hydrogens is 332 g/mol. The molecule has 3 N–H and O–H groups in total. The lowest BCUT2D eigenvalue weighted by atomic mass is 10.3. The van der Waals surface area contributed by atoms with Gasteiger partial charge in [-0.05, 0) is 24.3 Å². The minimum atomic E-state index is -3.61. The maximum absolute atomic E-state index is 12.1. The highest BCUT2D eigenvalue weighted by Gasteiger charge is 2.16. The summed E-state index contributed by atoms with van der Waals surface area (Å²) in [4.78, 5) is 0.115. The molecule has 8 heteroatoms. The molecule has 6 nitrogen and oxygen atoms in total. The molecule has 0 aliphatic heterocycles. The highest BCUT2D eigenvalue weighted by Crippen LogP contribution is 2.18. The first kappa shape index (κ1) is 14.0. The van der Waals surface area contributed by atoms with E-state index in [0.29, 0.717) is 18.8 Å². The molecule has 0 aliphatic carbocycles. The van der Waals surface area contributed by atoms with Gasteiger partial charge in [-0.2, -0.15) is 5.10 Å². The predicted octanol–water partition coefficient (Wildman–Crippen LogP) is 1.41. The van der Waals surface area contributed by atoms with Crippen molar-refractivity contribution < 1.29 is 8.42 Å². The molecule has 1 heterocycles. The topological polar surface area (TPSA) is 90.0 Å². The second kappa shape index (κ2) is 5.72. The van der Waals surface area contributed by atoms with Crippen LogP contribution in [0.1, 0.15) is 0 Å². The minimum Gasteiger partial charge on any atom is -0.329 e. The standard InChI is InChI=1S/C11H13BrN4O2S/c12-9-1-3-10(4-2-9)15-19(17,18)11-7-14-16(8-11)6-5-13/h1-4,7-8,15H,5-6,13H2. The number of aromatic nitrogens is 2. The van der Waals surface area contributed by atoms with E-state index < -0.39 is 10.0 Å². The first-order chi connectivity index (χ1) is 9.01. The first-order valence-electron chi connectivity index (χ1n) is 5.52. The molecule has 0 radical (unpaired) electrons. The second-order valence-electron chi connectivity index (χ2n) is 3.84. The molecule has 0 unspecified atom stereocenters. The zero-order valence-electron chi connectivity index (χ0n) is 9.95. The third-order valence-corrected chi connectivity index (χ3v) is 4.24. The van der Waals surface area contributed by atoms with Crippen LogP contribution in [0.5, 0.6) is 0 Å². The number of nitrogens with one attached hydrogen (secondary N) is 1. The Morgan fingerprint density at radius 1 is 1.32 bits per heavy atom. The van der Waals surface area contributed by atoms with Crippen LogP contribution in [0.15, 0.2) is 46.0 Å². The molecule has 19 heavy (non-hydrogen) atoms. The number of anilines is 1. The number of nitrogens with zero attached hydrogens (tertiary/aromatic N) is 2. The summed E-state index contributed by atoms with van der Waals surface area (Å²) in [5.41, 5.74) is 5.88. The quantitative estimate of drug-likeness (QED) is 0.857.